The van der Waals surface area contributed by atoms with E-state index >= 15 is 0 Å². The second-order valence-electron chi connectivity index (χ2n) is 11.7. The molecule has 1 amide bonds. The van der Waals surface area contributed by atoms with Crippen molar-refractivity contribution in [2.24, 2.45) is 0 Å². The number of hydrogen-bond acceptors (Lipinski definition) is 7. The maximum atomic E-state index is 14.1. The van der Waals surface area contributed by atoms with Gasteiger partial charge in [-0.2, -0.15) is 13.2 Å². The Hall–Kier alpha value is -3.99. The lowest BCUT2D eigenvalue weighted by Gasteiger charge is -2.33. The Morgan fingerprint density at radius 3 is 2.62 bits per heavy atom. The molecule has 4 aromatic rings. The van der Waals surface area contributed by atoms with E-state index < -0.39 is 17.6 Å². The van der Waals surface area contributed by atoms with E-state index in [-0.39, 0.29) is 36.3 Å². The van der Waals surface area contributed by atoms with Gasteiger partial charge in [0.05, 0.1) is 17.2 Å². The van der Waals surface area contributed by atoms with Crippen molar-refractivity contribution in [3.05, 3.63) is 93.4 Å². The second kappa shape index (κ2) is 14.4. The monoisotopic (exact) mass is 666 g/mol. The first kappa shape index (κ1) is 32.9. The number of carbonyl (C=O) groups excluding carboxylic acids is 1. The third kappa shape index (κ3) is 8.30. The fourth-order valence-electron chi connectivity index (χ4n) is 5.56. The topological polar surface area (TPSA) is 84.2 Å². The zero-order valence-electron chi connectivity index (χ0n) is 25.8. The highest BCUT2D eigenvalue weighted by molar-refractivity contribution is 6.30. The Balaban J connectivity index is 1.25. The summed E-state index contributed by atoms with van der Waals surface area (Å²) < 4.78 is 55.7. The highest BCUT2D eigenvalue weighted by atomic mass is 35.5. The van der Waals surface area contributed by atoms with Crippen LogP contribution in [-0.2, 0) is 28.8 Å². The first-order valence-electron chi connectivity index (χ1n) is 15.4. The first-order valence-corrected chi connectivity index (χ1v) is 15.8. The van der Waals surface area contributed by atoms with Gasteiger partial charge in [0, 0.05) is 62.3 Å². The average molecular weight is 667 g/mol. The summed E-state index contributed by atoms with van der Waals surface area (Å²) in [6.07, 6.45) is -0.489. The quantitative estimate of drug-likeness (QED) is 0.248. The molecule has 2 aromatic heterocycles. The standard InChI is InChI=1S/C34H34ClF3N6O3/c1-42-13-15-43(16-14-42)20-25-7-10-28(19-29(25)34(36,37)38)39-33(45)24-5-6-26(22-47-32-4-2-3-17-46-32)23(18-24)8-11-30-40-41-31-12-9-27(35)21-44(30)31/h5-7,9-10,12,18-19,21,32H,2-4,13-17,20,22H2,1H3,(H,39,45). The van der Waals surface area contributed by atoms with E-state index in [9.17, 15) is 18.0 Å². The number of pyridine rings is 1. The third-order valence-electron chi connectivity index (χ3n) is 8.27. The SMILES string of the molecule is CN1CCN(Cc2ccc(NC(=O)c3ccc(COC4CCCCO4)c(C#Cc4nnc5ccc(Cl)cn45)c3)cc2C(F)(F)F)CC1. The zero-order chi connectivity index (χ0) is 33.0. The first-order chi connectivity index (χ1) is 22.6. The molecule has 2 aliphatic heterocycles. The van der Waals surface area contributed by atoms with Crippen LogP contribution < -0.4 is 5.32 Å². The summed E-state index contributed by atoms with van der Waals surface area (Å²) in [6, 6.07) is 12.3. The second-order valence-corrected chi connectivity index (χ2v) is 12.2. The number of piperazine rings is 1. The minimum Gasteiger partial charge on any atom is -0.353 e. The van der Waals surface area contributed by atoms with Gasteiger partial charge >= 0.3 is 6.18 Å². The van der Waals surface area contributed by atoms with Crippen LogP contribution >= 0.6 is 11.6 Å². The summed E-state index contributed by atoms with van der Waals surface area (Å²) >= 11 is 6.16. The molecule has 2 aromatic carbocycles. The van der Waals surface area contributed by atoms with Gasteiger partial charge < -0.3 is 19.7 Å². The number of fused-ring (bicyclic) bond motifs is 1. The average Bonchev–Trinajstić information content (AvgIpc) is 3.46. The van der Waals surface area contributed by atoms with Crippen LogP contribution in [0.1, 0.15) is 57.7 Å². The Bertz CT molecular complexity index is 1800. The smallest absolute Gasteiger partial charge is 0.353 e. The van der Waals surface area contributed by atoms with Crippen LogP contribution in [0.5, 0.6) is 0 Å². The van der Waals surface area contributed by atoms with Crippen molar-refractivity contribution in [3.8, 4) is 11.8 Å². The number of aromatic nitrogens is 3. The normalized spacial score (nSPS) is 17.8. The maximum Gasteiger partial charge on any atom is 0.416 e. The van der Waals surface area contributed by atoms with Gasteiger partial charge in [-0.25, -0.2) is 0 Å². The van der Waals surface area contributed by atoms with Crippen LogP contribution in [0.2, 0.25) is 5.02 Å². The number of hydrogen-bond donors (Lipinski definition) is 1. The van der Waals surface area contributed by atoms with E-state index in [4.69, 9.17) is 21.1 Å². The van der Waals surface area contributed by atoms with Crippen molar-refractivity contribution < 1.29 is 27.4 Å². The molecule has 6 rings (SSSR count). The molecule has 1 N–H and O–H groups in total. The minimum absolute atomic E-state index is 0.0470. The number of amides is 1. The van der Waals surface area contributed by atoms with Crippen molar-refractivity contribution in [1.82, 2.24) is 24.4 Å². The number of alkyl halides is 3. The number of likely N-dealkylation sites (N-methyl/N-ethyl adjacent to an activating group) is 1. The van der Waals surface area contributed by atoms with Crippen molar-refractivity contribution in [2.45, 2.75) is 44.9 Å². The summed E-state index contributed by atoms with van der Waals surface area (Å²) in [5, 5.41) is 11.4. The molecule has 246 valence electrons. The number of nitrogens with one attached hydrogen (secondary N) is 1. The number of carbonyl (C=O) groups is 1. The van der Waals surface area contributed by atoms with Gasteiger partial charge in [-0.3, -0.25) is 14.1 Å². The van der Waals surface area contributed by atoms with Gasteiger partial charge in [0.15, 0.2) is 11.9 Å². The molecule has 0 spiro atoms. The van der Waals surface area contributed by atoms with E-state index in [1.165, 1.54) is 12.1 Å². The third-order valence-corrected chi connectivity index (χ3v) is 8.50. The van der Waals surface area contributed by atoms with Gasteiger partial charge in [0.1, 0.15) is 0 Å². The molecule has 2 aliphatic rings. The number of halogens is 4. The van der Waals surface area contributed by atoms with Gasteiger partial charge in [-0.15, -0.1) is 10.2 Å². The fraction of sp³-hybridized carbons (Fsp3) is 0.382. The summed E-state index contributed by atoms with van der Waals surface area (Å²) in [6.45, 7) is 3.97. The van der Waals surface area contributed by atoms with E-state index in [0.717, 1.165) is 38.4 Å². The minimum atomic E-state index is -4.58. The van der Waals surface area contributed by atoms with Gasteiger partial charge in [-0.05, 0) is 79.8 Å². The molecule has 0 aliphatic carbocycles. The van der Waals surface area contributed by atoms with E-state index in [1.807, 2.05) is 11.9 Å². The number of ether oxygens (including phenoxy) is 2. The van der Waals surface area contributed by atoms with E-state index in [2.05, 4.69) is 32.3 Å². The number of anilines is 1. The van der Waals surface area contributed by atoms with Crippen LogP contribution in [0.4, 0.5) is 18.9 Å². The molecule has 4 heterocycles. The van der Waals surface area contributed by atoms with Crippen LogP contribution in [0.25, 0.3) is 5.65 Å². The Kier molecular flexibility index (Phi) is 10.1. The molecule has 13 heteroatoms. The van der Waals surface area contributed by atoms with Crippen LogP contribution in [0.15, 0.2) is 54.7 Å². The lowest BCUT2D eigenvalue weighted by atomic mass is 10.0. The number of nitrogens with zero attached hydrogens (tertiary/aromatic N) is 5. The van der Waals surface area contributed by atoms with Gasteiger partial charge in [-0.1, -0.05) is 29.7 Å². The molecular weight excluding hydrogens is 633 g/mol. The largest absolute Gasteiger partial charge is 0.416 e. The molecule has 2 fully saturated rings. The summed E-state index contributed by atoms with van der Waals surface area (Å²) in [7, 11) is 1.99. The molecule has 0 radical (unpaired) electrons. The molecule has 0 bridgehead atoms. The predicted molar refractivity (Wildman–Crippen MR) is 171 cm³/mol. The molecular formula is C34H34ClF3N6O3. The highest BCUT2D eigenvalue weighted by Gasteiger charge is 2.34. The van der Waals surface area contributed by atoms with Crippen LogP contribution in [0.3, 0.4) is 0 Å². The lowest BCUT2D eigenvalue weighted by molar-refractivity contribution is -0.168. The molecule has 9 nitrogen and oxygen atoms in total. The number of rotatable bonds is 7. The van der Waals surface area contributed by atoms with Gasteiger partial charge in [0.2, 0.25) is 5.82 Å². The van der Waals surface area contributed by atoms with Crippen LogP contribution in [0, 0.1) is 11.8 Å². The molecule has 47 heavy (non-hydrogen) atoms. The summed E-state index contributed by atoms with van der Waals surface area (Å²) in [5.74, 6) is 5.85. The van der Waals surface area contributed by atoms with Crippen molar-refractivity contribution >= 4 is 28.8 Å². The zero-order valence-corrected chi connectivity index (χ0v) is 26.6. The molecule has 0 saturated carbocycles. The molecule has 1 unspecified atom stereocenters. The molecule has 1 atom stereocenters. The van der Waals surface area contributed by atoms with E-state index in [0.29, 0.717) is 47.3 Å². The fourth-order valence-corrected chi connectivity index (χ4v) is 5.73. The van der Waals surface area contributed by atoms with Gasteiger partial charge in [0.25, 0.3) is 5.91 Å². The Labute approximate surface area is 275 Å². The number of benzene rings is 2. The highest BCUT2D eigenvalue weighted by Crippen LogP contribution is 2.35. The summed E-state index contributed by atoms with van der Waals surface area (Å²) in [5.41, 5.74) is 1.44. The maximum absolute atomic E-state index is 14.1. The summed E-state index contributed by atoms with van der Waals surface area (Å²) in [4.78, 5) is 17.5. The van der Waals surface area contributed by atoms with Crippen LogP contribution in [-0.4, -0.2) is 76.4 Å². The van der Waals surface area contributed by atoms with Crippen molar-refractivity contribution in [2.75, 3.05) is 45.2 Å². The lowest BCUT2D eigenvalue weighted by Crippen LogP contribution is -2.44. The van der Waals surface area contributed by atoms with E-state index in [1.54, 1.807) is 40.9 Å². The predicted octanol–water partition coefficient (Wildman–Crippen LogP) is 5.84. The Morgan fingerprint density at radius 2 is 1.85 bits per heavy atom. The van der Waals surface area contributed by atoms with Crippen molar-refractivity contribution in [3.63, 3.8) is 0 Å². The Morgan fingerprint density at radius 1 is 1.04 bits per heavy atom. The molecule has 2 saturated heterocycles. The van der Waals surface area contributed by atoms with Crippen molar-refractivity contribution in [1.29, 1.82) is 0 Å².